The highest BCUT2D eigenvalue weighted by molar-refractivity contribution is 5.89. The molecule has 1 aliphatic rings. The van der Waals surface area contributed by atoms with Crippen molar-refractivity contribution in [3.8, 4) is 0 Å². The Morgan fingerprint density at radius 3 is 2.60 bits per heavy atom. The number of carbonyl (C=O) groups is 1. The van der Waals surface area contributed by atoms with Gasteiger partial charge in [-0.2, -0.15) is 0 Å². The number of nitrogens with one attached hydrogen (secondary N) is 2. The summed E-state index contributed by atoms with van der Waals surface area (Å²) in [5.41, 5.74) is 1.38. The van der Waals surface area contributed by atoms with Crippen LogP contribution in [0.4, 0.5) is 15.8 Å². The molecule has 0 aromatic heterocycles. The number of anilines is 2. The van der Waals surface area contributed by atoms with Gasteiger partial charge in [0, 0.05) is 18.7 Å². The molecule has 1 aromatic rings. The lowest BCUT2D eigenvalue weighted by Gasteiger charge is -2.20. The zero-order chi connectivity index (χ0) is 14.9. The Kier molecular flexibility index (Phi) is 4.02. The molecular formula is C16H23FN2O. The Bertz CT molecular complexity index is 513. The minimum Gasteiger partial charge on any atom is -0.380 e. The van der Waals surface area contributed by atoms with E-state index >= 15 is 0 Å². The molecule has 0 aliphatic heterocycles. The predicted octanol–water partition coefficient (Wildman–Crippen LogP) is 4.02. The highest BCUT2D eigenvalue weighted by Gasteiger charge is 2.36. The van der Waals surface area contributed by atoms with E-state index < -0.39 is 0 Å². The second-order valence-electron chi connectivity index (χ2n) is 6.68. The third-order valence-electron chi connectivity index (χ3n) is 3.96. The molecule has 20 heavy (non-hydrogen) atoms. The second-order valence-corrected chi connectivity index (χ2v) is 6.68. The quantitative estimate of drug-likeness (QED) is 0.876. The lowest BCUT2D eigenvalue weighted by molar-refractivity contribution is -0.114. The van der Waals surface area contributed by atoms with Gasteiger partial charge in [0.2, 0.25) is 5.91 Å². The summed E-state index contributed by atoms with van der Waals surface area (Å²) in [4.78, 5) is 11.1. The molecule has 1 amide bonds. The van der Waals surface area contributed by atoms with Gasteiger partial charge >= 0.3 is 0 Å². The fraction of sp³-hybridized carbons (Fsp3) is 0.562. The van der Waals surface area contributed by atoms with Crippen molar-refractivity contribution in [3.05, 3.63) is 24.0 Å². The number of benzene rings is 1. The second kappa shape index (κ2) is 5.43. The van der Waals surface area contributed by atoms with Crippen LogP contribution in [-0.4, -0.2) is 11.9 Å². The van der Waals surface area contributed by atoms with Crippen molar-refractivity contribution in [2.24, 2.45) is 11.3 Å². The molecule has 4 heteroatoms. The maximum atomic E-state index is 13.9. The minimum atomic E-state index is -0.281. The summed E-state index contributed by atoms with van der Waals surface area (Å²) < 4.78 is 13.9. The van der Waals surface area contributed by atoms with Crippen molar-refractivity contribution in [2.75, 3.05) is 10.6 Å². The van der Waals surface area contributed by atoms with Gasteiger partial charge in [-0.3, -0.25) is 4.79 Å². The van der Waals surface area contributed by atoms with E-state index in [1.165, 1.54) is 13.0 Å². The molecule has 2 unspecified atom stereocenters. The van der Waals surface area contributed by atoms with Crippen LogP contribution in [-0.2, 0) is 4.79 Å². The molecule has 2 N–H and O–H groups in total. The Morgan fingerprint density at radius 1 is 1.35 bits per heavy atom. The van der Waals surface area contributed by atoms with Gasteiger partial charge in [-0.1, -0.05) is 20.8 Å². The van der Waals surface area contributed by atoms with E-state index in [1.807, 2.05) is 0 Å². The first-order chi connectivity index (χ1) is 9.27. The van der Waals surface area contributed by atoms with Gasteiger partial charge < -0.3 is 10.6 Å². The maximum absolute atomic E-state index is 13.9. The first-order valence-corrected chi connectivity index (χ1v) is 7.10. The monoisotopic (exact) mass is 278 g/mol. The molecule has 1 aromatic carbocycles. The van der Waals surface area contributed by atoms with E-state index in [1.54, 1.807) is 12.1 Å². The van der Waals surface area contributed by atoms with E-state index in [0.29, 0.717) is 22.7 Å². The molecule has 0 heterocycles. The first kappa shape index (κ1) is 14.8. The zero-order valence-corrected chi connectivity index (χ0v) is 12.6. The summed E-state index contributed by atoms with van der Waals surface area (Å²) in [7, 11) is 0. The van der Waals surface area contributed by atoms with Crippen LogP contribution >= 0.6 is 0 Å². The summed E-state index contributed by atoms with van der Waals surface area (Å²) >= 11 is 0. The third-order valence-corrected chi connectivity index (χ3v) is 3.96. The van der Waals surface area contributed by atoms with Crippen molar-refractivity contribution in [1.29, 1.82) is 0 Å². The molecule has 0 spiro atoms. The van der Waals surface area contributed by atoms with Gasteiger partial charge in [0.25, 0.3) is 0 Å². The fourth-order valence-electron chi connectivity index (χ4n) is 3.20. The Hall–Kier alpha value is -1.58. The minimum absolute atomic E-state index is 0.155. The molecule has 0 saturated heterocycles. The smallest absolute Gasteiger partial charge is 0.221 e. The molecule has 3 nitrogen and oxygen atoms in total. The standard InChI is InChI=1S/C16H23FN2O/c1-10-8-16(3,4)9-15(10)19-14-7-12(18-11(2)20)5-6-13(14)17/h5-7,10,15,19H,8-9H2,1-4H3,(H,18,20). The molecule has 0 radical (unpaired) electrons. The Balaban J connectivity index is 2.14. The summed E-state index contributed by atoms with van der Waals surface area (Å²) in [5.74, 6) is 0.0720. The largest absolute Gasteiger partial charge is 0.380 e. The van der Waals surface area contributed by atoms with Gasteiger partial charge in [0.15, 0.2) is 0 Å². The van der Waals surface area contributed by atoms with E-state index in [-0.39, 0.29) is 17.8 Å². The van der Waals surface area contributed by atoms with Crippen LogP contribution in [0.5, 0.6) is 0 Å². The van der Waals surface area contributed by atoms with Crippen LogP contribution in [0, 0.1) is 17.2 Å². The number of hydrogen-bond acceptors (Lipinski definition) is 2. The van der Waals surface area contributed by atoms with E-state index in [4.69, 9.17) is 0 Å². The average Bonchev–Trinajstić information content (AvgIpc) is 2.56. The van der Waals surface area contributed by atoms with Crippen LogP contribution in [0.15, 0.2) is 18.2 Å². The molecule has 110 valence electrons. The van der Waals surface area contributed by atoms with Crippen molar-refractivity contribution >= 4 is 17.3 Å². The van der Waals surface area contributed by atoms with Gasteiger partial charge in [0.05, 0.1) is 5.69 Å². The highest BCUT2D eigenvalue weighted by atomic mass is 19.1. The predicted molar refractivity (Wildman–Crippen MR) is 80.3 cm³/mol. The zero-order valence-electron chi connectivity index (χ0n) is 12.6. The first-order valence-electron chi connectivity index (χ1n) is 7.10. The topological polar surface area (TPSA) is 41.1 Å². The van der Waals surface area contributed by atoms with Gasteiger partial charge in [-0.05, 0) is 42.4 Å². The summed E-state index contributed by atoms with van der Waals surface area (Å²) in [5, 5.41) is 5.98. The summed E-state index contributed by atoms with van der Waals surface area (Å²) in [6.07, 6.45) is 2.16. The third kappa shape index (κ3) is 3.50. The van der Waals surface area contributed by atoms with Crippen LogP contribution in [0.25, 0.3) is 0 Å². The number of rotatable bonds is 3. The van der Waals surface area contributed by atoms with Gasteiger partial charge in [0.1, 0.15) is 5.82 Å². The number of halogens is 1. The van der Waals surface area contributed by atoms with E-state index in [0.717, 1.165) is 12.8 Å². The van der Waals surface area contributed by atoms with Crippen LogP contribution in [0.2, 0.25) is 0 Å². The SMILES string of the molecule is CC(=O)Nc1ccc(F)c(NC2CC(C)(C)CC2C)c1. The number of carbonyl (C=O) groups excluding carboxylic acids is 1. The fourth-order valence-corrected chi connectivity index (χ4v) is 3.20. The normalized spacial score (nSPS) is 24.4. The van der Waals surface area contributed by atoms with Crippen molar-refractivity contribution in [3.63, 3.8) is 0 Å². The molecule has 0 bridgehead atoms. The average molecular weight is 278 g/mol. The van der Waals surface area contributed by atoms with Crippen LogP contribution in [0.1, 0.15) is 40.5 Å². The number of hydrogen-bond donors (Lipinski definition) is 2. The highest BCUT2D eigenvalue weighted by Crippen LogP contribution is 2.42. The van der Waals surface area contributed by atoms with Gasteiger partial charge in [-0.15, -0.1) is 0 Å². The van der Waals surface area contributed by atoms with E-state index in [9.17, 15) is 9.18 Å². The lowest BCUT2D eigenvalue weighted by atomic mass is 9.91. The van der Waals surface area contributed by atoms with Crippen LogP contribution < -0.4 is 10.6 Å². The molecular weight excluding hydrogens is 255 g/mol. The number of amides is 1. The lowest BCUT2D eigenvalue weighted by Crippen LogP contribution is -2.23. The molecule has 2 rings (SSSR count). The van der Waals surface area contributed by atoms with Crippen molar-refractivity contribution in [1.82, 2.24) is 0 Å². The summed E-state index contributed by atoms with van der Waals surface area (Å²) in [6.45, 7) is 8.13. The van der Waals surface area contributed by atoms with Gasteiger partial charge in [-0.25, -0.2) is 4.39 Å². The van der Waals surface area contributed by atoms with Crippen molar-refractivity contribution < 1.29 is 9.18 Å². The van der Waals surface area contributed by atoms with Crippen molar-refractivity contribution in [2.45, 2.75) is 46.6 Å². The molecule has 1 fully saturated rings. The molecule has 2 atom stereocenters. The summed E-state index contributed by atoms with van der Waals surface area (Å²) in [6, 6.07) is 4.89. The maximum Gasteiger partial charge on any atom is 0.221 e. The van der Waals surface area contributed by atoms with E-state index in [2.05, 4.69) is 31.4 Å². The Labute approximate surface area is 120 Å². The molecule has 1 saturated carbocycles. The molecule has 1 aliphatic carbocycles. The van der Waals surface area contributed by atoms with Crippen LogP contribution in [0.3, 0.4) is 0 Å². The Morgan fingerprint density at radius 2 is 2.05 bits per heavy atom.